The maximum atomic E-state index is 12.2. The van der Waals surface area contributed by atoms with E-state index in [2.05, 4.69) is 9.97 Å². The molecular weight excluding hydrogens is 286 g/mol. The standard InChI is InChI=1S/C15H21N3O2S/c1-2-10-21(19,20)18-9-5-6-12(11-18)15-16-13-7-3-4-8-14(13)17-15/h3-4,7-8,12H,2,5-6,9-11H2,1H3,(H,16,17). The van der Waals surface area contributed by atoms with E-state index < -0.39 is 10.0 Å². The van der Waals surface area contributed by atoms with E-state index >= 15 is 0 Å². The predicted molar refractivity (Wildman–Crippen MR) is 83.7 cm³/mol. The van der Waals surface area contributed by atoms with Crippen LogP contribution >= 0.6 is 0 Å². The Morgan fingerprint density at radius 3 is 2.95 bits per heavy atom. The molecule has 114 valence electrons. The molecule has 0 radical (unpaired) electrons. The van der Waals surface area contributed by atoms with Crippen molar-refractivity contribution < 1.29 is 8.42 Å². The Labute approximate surface area is 125 Å². The SMILES string of the molecule is CCCS(=O)(=O)N1CCCC(c2nc3ccccc3[nH]2)C1. The number of imidazole rings is 1. The summed E-state index contributed by atoms with van der Waals surface area (Å²) < 4.78 is 26.1. The van der Waals surface area contributed by atoms with Gasteiger partial charge >= 0.3 is 0 Å². The number of para-hydroxylation sites is 2. The van der Waals surface area contributed by atoms with Gasteiger partial charge in [0.25, 0.3) is 0 Å². The van der Waals surface area contributed by atoms with Crippen LogP contribution in [-0.2, 0) is 10.0 Å². The molecule has 21 heavy (non-hydrogen) atoms. The summed E-state index contributed by atoms with van der Waals surface area (Å²) in [5.74, 6) is 1.31. The Kier molecular flexibility index (Phi) is 3.99. The number of rotatable bonds is 4. The zero-order chi connectivity index (χ0) is 14.9. The van der Waals surface area contributed by atoms with Gasteiger partial charge in [0.15, 0.2) is 0 Å². The first kappa shape index (κ1) is 14.5. The lowest BCUT2D eigenvalue weighted by Crippen LogP contribution is -2.40. The Balaban J connectivity index is 1.82. The number of aromatic nitrogens is 2. The summed E-state index contributed by atoms with van der Waals surface area (Å²) in [5.41, 5.74) is 1.96. The minimum Gasteiger partial charge on any atom is -0.342 e. The molecule has 1 aromatic heterocycles. The zero-order valence-corrected chi connectivity index (χ0v) is 13.1. The lowest BCUT2D eigenvalue weighted by Gasteiger charge is -2.30. The molecule has 0 aliphatic carbocycles. The average molecular weight is 307 g/mol. The molecule has 0 saturated carbocycles. The molecule has 3 rings (SSSR count). The van der Waals surface area contributed by atoms with Gasteiger partial charge in [0, 0.05) is 19.0 Å². The molecule has 0 amide bonds. The number of piperidine rings is 1. The van der Waals surface area contributed by atoms with Crippen LogP contribution in [-0.4, -0.2) is 41.5 Å². The Hall–Kier alpha value is -1.40. The normalized spacial score (nSPS) is 20.9. The van der Waals surface area contributed by atoms with E-state index in [0.717, 1.165) is 29.7 Å². The summed E-state index contributed by atoms with van der Waals surface area (Å²) in [7, 11) is -3.11. The van der Waals surface area contributed by atoms with Gasteiger partial charge in [-0.3, -0.25) is 0 Å². The lowest BCUT2D eigenvalue weighted by atomic mass is 9.99. The number of hydrogen-bond acceptors (Lipinski definition) is 3. The van der Waals surface area contributed by atoms with Crippen molar-refractivity contribution in [2.75, 3.05) is 18.8 Å². The fraction of sp³-hybridized carbons (Fsp3) is 0.533. The van der Waals surface area contributed by atoms with Crippen LogP contribution in [0.1, 0.15) is 37.9 Å². The molecular formula is C15H21N3O2S. The topological polar surface area (TPSA) is 66.1 Å². The number of nitrogens with one attached hydrogen (secondary N) is 1. The second kappa shape index (κ2) is 5.77. The number of benzene rings is 1. The van der Waals surface area contributed by atoms with E-state index in [1.54, 1.807) is 4.31 Å². The number of nitrogens with zero attached hydrogens (tertiary/aromatic N) is 2. The van der Waals surface area contributed by atoms with Gasteiger partial charge in [0.2, 0.25) is 10.0 Å². The number of H-pyrrole nitrogens is 1. The molecule has 1 saturated heterocycles. The van der Waals surface area contributed by atoms with E-state index in [9.17, 15) is 8.42 Å². The summed E-state index contributed by atoms with van der Waals surface area (Å²) in [6.07, 6.45) is 2.54. The maximum absolute atomic E-state index is 12.2. The van der Waals surface area contributed by atoms with Crippen molar-refractivity contribution in [2.45, 2.75) is 32.1 Å². The third kappa shape index (κ3) is 2.96. The van der Waals surface area contributed by atoms with Gasteiger partial charge in [-0.25, -0.2) is 17.7 Å². The number of fused-ring (bicyclic) bond motifs is 1. The van der Waals surface area contributed by atoms with Crippen LogP contribution in [0.4, 0.5) is 0 Å². The summed E-state index contributed by atoms with van der Waals surface area (Å²) >= 11 is 0. The predicted octanol–water partition coefficient (Wildman–Crippen LogP) is 2.48. The smallest absolute Gasteiger partial charge is 0.214 e. The molecule has 1 N–H and O–H groups in total. The van der Waals surface area contributed by atoms with Gasteiger partial charge in [-0.15, -0.1) is 0 Å². The van der Waals surface area contributed by atoms with E-state index in [0.29, 0.717) is 19.5 Å². The van der Waals surface area contributed by atoms with E-state index in [4.69, 9.17) is 0 Å². The summed E-state index contributed by atoms with van der Waals surface area (Å²) in [6, 6.07) is 7.92. The third-order valence-corrected chi connectivity index (χ3v) is 6.08. The van der Waals surface area contributed by atoms with Crippen LogP contribution in [0.3, 0.4) is 0 Å². The van der Waals surface area contributed by atoms with E-state index in [1.165, 1.54) is 0 Å². The largest absolute Gasteiger partial charge is 0.342 e. The zero-order valence-electron chi connectivity index (χ0n) is 12.2. The molecule has 0 spiro atoms. The third-order valence-electron chi connectivity index (χ3n) is 4.03. The van der Waals surface area contributed by atoms with Gasteiger partial charge in [-0.1, -0.05) is 19.1 Å². The minimum atomic E-state index is -3.11. The maximum Gasteiger partial charge on any atom is 0.214 e. The van der Waals surface area contributed by atoms with Crippen molar-refractivity contribution in [2.24, 2.45) is 0 Å². The van der Waals surface area contributed by atoms with Crippen molar-refractivity contribution >= 4 is 21.1 Å². The molecule has 5 nitrogen and oxygen atoms in total. The highest BCUT2D eigenvalue weighted by Crippen LogP contribution is 2.28. The number of sulfonamides is 1. The van der Waals surface area contributed by atoms with Gasteiger partial charge in [-0.2, -0.15) is 0 Å². The Bertz CT molecular complexity index is 690. The molecule has 0 bridgehead atoms. The highest BCUT2D eigenvalue weighted by Gasteiger charge is 2.30. The van der Waals surface area contributed by atoms with Gasteiger partial charge in [-0.05, 0) is 31.4 Å². The first-order chi connectivity index (χ1) is 10.1. The van der Waals surface area contributed by atoms with Gasteiger partial charge in [0.1, 0.15) is 5.82 Å². The quantitative estimate of drug-likeness (QED) is 0.943. The molecule has 1 fully saturated rings. The van der Waals surface area contributed by atoms with Crippen molar-refractivity contribution in [3.05, 3.63) is 30.1 Å². The Morgan fingerprint density at radius 1 is 1.38 bits per heavy atom. The van der Waals surface area contributed by atoms with Crippen LogP contribution < -0.4 is 0 Å². The van der Waals surface area contributed by atoms with Crippen molar-refractivity contribution in [1.82, 2.24) is 14.3 Å². The van der Waals surface area contributed by atoms with Crippen molar-refractivity contribution in [3.63, 3.8) is 0 Å². The van der Waals surface area contributed by atoms with Crippen molar-refractivity contribution in [1.29, 1.82) is 0 Å². The summed E-state index contributed by atoms with van der Waals surface area (Å²) in [6.45, 7) is 3.08. The van der Waals surface area contributed by atoms with E-state index in [1.807, 2.05) is 31.2 Å². The van der Waals surface area contributed by atoms with Crippen LogP contribution in [0.15, 0.2) is 24.3 Å². The van der Waals surface area contributed by atoms with Crippen LogP contribution in [0.5, 0.6) is 0 Å². The molecule has 1 atom stereocenters. The molecule has 1 aliphatic heterocycles. The second-order valence-electron chi connectivity index (χ2n) is 5.65. The minimum absolute atomic E-state index is 0.165. The fourth-order valence-electron chi connectivity index (χ4n) is 2.97. The van der Waals surface area contributed by atoms with Gasteiger partial charge in [0.05, 0.1) is 16.8 Å². The van der Waals surface area contributed by atoms with Crippen LogP contribution in [0.2, 0.25) is 0 Å². The van der Waals surface area contributed by atoms with E-state index in [-0.39, 0.29) is 11.7 Å². The second-order valence-corrected chi connectivity index (χ2v) is 7.74. The Morgan fingerprint density at radius 2 is 2.19 bits per heavy atom. The highest BCUT2D eigenvalue weighted by molar-refractivity contribution is 7.89. The number of hydrogen-bond donors (Lipinski definition) is 1. The molecule has 6 heteroatoms. The van der Waals surface area contributed by atoms with Gasteiger partial charge < -0.3 is 4.98 Å². The monoisotopic (exact) mass is 307 g/mol. The molecule has 2 heterocycles. The molecule has 1 aliphatic rings. The number of aromatic amines is 1. The molecule has 1 aromatic carbocycles. The molecule has 1 unspecified atom stereocenters. The van der Waals surface area contributed by atoms with Crippen LogP contribution in [0.25, 0.3) is 11.0 Å². The summed E-state index contributed by atoms with van der Waals surface area (Å²) in [4.78, 5) is 7.96. The average Bonchev–Trinajstić information content (AvgIpc) is 2.91. The fourth-order valence-corrected chi connectivity index (χ4v) is 4.56. The highest BCUT2D eigenvalue weighted by atomic mass is 32.2. The first-order valence-corrected chi connectivity index (χ1v) is 9.13. The van der Waals surface area contributed by atoms with Crippen LogP contribution in [0, 0.1) is 0 Å². The summed E-state index contributed by atoms with van der Waals surface area (Å²) in [5, 5.41) is 0. The molecule has 2 aromatic rings. The lowest BCUT2D eigenvalue weighted by molar-refractivity contribution is 0.310. The van der Waals surface area contributed by atoms with Crippen molar-refractivity contribution in [3.8, 4) is 0 Å². The first-order valence-electron chi connectivity index (χ1n) is 7.52.